The van der Waals surface area contributed by atoms with E-state index in [2.05, 4.69) is 15.5 Å². The molecule has 0 aliphatic carbocycles. The Kier molecular flexibility index (Phi) is 8.92. The number of carbonyl (C=O) groups is 3. The van der Waals surface area contributed by atoms with Gasteiger partial charge < -0.3 is 25.4 Å². The number of amides is 3. The smallest absolute Gasteiger partial charge is 0.251 e. The van der Waals surface area contributed by atoms with E-state index in [1.54, 1.807) is 36.2 Å². The van der Waals surface area contributed by atoms with E-state index in [1.807, 2.05) is 45.0 Å². The summed E-state index contributed by atoms with van der Waals surface area (Å²) in [5.74, 6) is 0.753. The van der Waals surface area contributed by atoms with Gasteiger partial charge in [0.15, 0.2) is 0 Å². The molecule has 3 amide bonds. The first kappa shape index (κ1) is 28.6. The molecule has 9 heteroatoms. The van der Waals surface area contributed by atoms with Crippen molar-refractivity contribution in [2.24, 2.45) is 5.92 Å². The van der Waals surface area contributed by atoms with Gasteiger partial charge in [-0.3, -0.25) is 19.3 Å². The molecule has 0 aromatic heterocycles. The average Bonchev–Trinajstić information content (AvgIpc) is 2.94. The molecule has 3 N–H and O–H groups in total. The van der Waals surface area contributed by atoms with Crippen molar-refractivity contribution in [2.45, 2.75) is 64.3 Å². The summed E-state index contributed by atoms with van der Waals surface area (Å²) < 4.78 is 5.92. The van der Waals surface area contributed by atoms with Crippen LogP contribution in [0, 0.1) is 5.92 Å². The molecular weight excluding hydrogens is 496 g/mol. The quantitative estimate of drug-likeness (QED) is 0.455. The van der Waals surface area contributed by atoms with Gasteiger partial charge in [0.1, 0.15) is 23.1 Å². The third-order valence-corrected chi connectivity index (χ3v) is 7.82. The number of hydrogen-bond acceptors (Lipinski definition) is 6. The van der Waals surface area contributed by atoms with E-state index in [1.165, 1.54) is 0 Å². The third-order valence-electron chi connectivity index (χ3n) is 7.82. The second-order valence-electron chi connectivity index (χ2n) is 10.8. The molecular formula is C30H40N4O5. The van der Waals surface area contributed by atoms with Gasteiger partial charge >= 0.3 is 0 Å². The fourth-order valence-electron chi connectivity index (χ4n) is 5.46. The van der Waals surface area contributed by atoms with Gasteiger partial charge in [-0.1, -0.05) is 32.9 Å². The Morgan fingerprint density at radius 3 is 2.21 bits per heavy atom. The first-order valence-electron chi connectivity index (χ1n) is 13.8. The summed E-state index contributed by atoms with van der Waals surface area (Å²) in [4.78, 5) is 42.5. The molecule has 2 heterocycles. The summed E-state index contributed by atoms with van der Waals surface area (Å²) in [7, 11) is 1.60. The van der Waals surface area contributed by atoms with Crippen LogP contribution in [-0.2, 0) is 16.1 Å². The van der Waals surface area contributed by atoms with Gasteiger partial charge in [-0.15, -0.1) is 0 Å². The van der Waals surface area contributed by atoms with Gasteiger partial charge in [0.25, 0.3) is 5.91 Å². The second-order valence-corrected chi connectivity index (χ2v) is 10.8. The third kappa shape index (κ3) is 6.09. The summed E-state index contributed by atoms with van der Waals surface area (Å²) in [5, 5.41) is 16.0. The Balaban J connectivity index is 1.36. The molecule has 2 saturated heterocycles. The zero-order valence-corrected chi connectivity index (χ0v) is 23.3. The van der Waals surface area contributed by atoms with Crippen molar-refractivity contribution in [3.63, 3.8) is 0 Å². The zero-order chi connectivity index (χ0) is 28.2. The van der Waals surface area contributed by atoms with Crippen LogP contribution in [0.3, 0.4) is 0 Å². The normalized spacial score (nSPS) is 20.2. The Morgan fingerprint density at radius 1 is 1.08 bits per heavy atom. The molecule has 0 saturated carbocycles. The maximum absolute atomic E-state index is 13.4. The average molecular weight is 537 g/mol. The minimum Gasteiger partial charge on any atom is -0.457 e. The van der Waals surface area contributed by atoms with Crippen molar-refractivity contribution >= 4 is 17.7 Å². The summed E-state index contributed by atoms with van der Waals surface area (Å²) >= 11 is 0. The number of nitrogens with zero attached hydrogens (tertiary/aromatic N) is 2. The predicted octanol–water partition coefficient (Wildman–Crippen LogP) is 2.93. The molecule has 2 atom stereocenters. The van der Waals surface area contributed by atoms with Crippen LogP contribution in [0.5, 0.6) is 11.5 Å². The minimum atomic E-state index is -0.910. The molecule has 4 rings (SSSR count). The Labute approximate surface area is 230 Å². The Bertz CT molecular complexity index is 1160. The van der Waals surface area contributed by atoms with E-state index in [-0.39, 0.29) is 23.6 Å². The van der Waals surface area contributed by atoms with E-state index < -0.39 is 17.7 Å². The number of carbonyl (C=O) groups excluding carboxylic acids is 3. The van der Waals surface area contributed by atoms with Crippen molar-refractivity contribution < 1.29 is 24.2 Å². The zero-order valence-electron chi connectivity index (χ0n) is 23.3. The van der Waals surface area contributed by atoms with Crippen LogP contribution in [0.25, 0.3) is 0 Å². The molecule has 9 nitrogen and oxygen atoms in total. The minimum absolute atomic E-state index is 0.134. The second kappa shape index (κ2) is 12.2. The van der Waals surface area contributed by atoms with Crippen LogP contribution in [0.4, 0.5) is 0 Å². The molecule has 2 fully saturated rings. The van der Waals surface area contributed by atoms with Crippen molar-refractivity contribution in [3.05, 3.63) is 59.7 Å². The van der Waals surface area contributed by atoms with Gasteiger partial charge in [-0.25, -0.2) is 0 Å². The monoisotopic (exact) mass is 536 g/mol. The number of nitrogens with one attached hydrogen (secondary N) is 2. The van der Waals surface area contributed by atoms with Gasteiger partial charge in [0, 0.05) is 38.8 Å². The molecule has 2 aromatic carbocycles. The number of aliphatic hydroxyl groups excluding tert-OH is 1. The van der Waals surface area contributed by atoms with Crippen LogP contribution < -0.4 is 15.4 Å². The summed E-state index contributed by atoms with van der Waals surface area (Å²) in [6, 6.07) is 14.0. The standard InChI is InChI=1S/C30H40N4O5/c1-5-16-34-28(37)25(26(35)20(2)3)32-29(38)30(34)14-17-33(18-15-30)19-21-6-10-23(11-7-21)39-24-12-8-22(9-13-24)27(36)31-4/h6-13,20,25-26,35H,5,14-19H2,1-4H3,(H,31,36)(H,32,38). The Morgan fingerprint density at radius 2 is 1.67 bits per heavy atom. The molecule has 2 unspecified atom stereocenters. The van der Waals surface area contributed by atoms with Crippen LogP contribution in [0.15, 0.2) is 48.5 Å². The van der Waals surface area contributed by atoms with Gasteiger partial charge in [0.2, 0.25) is 11.8 Å². The number of ether oxygens (including phenoxy) is 1. The maximum atomic E-state index is 13.4. The number of piperazine rings is 1. The van der Waals surface area contributed by atoms with Gasteiger partial charge in [-0.2, -0.15) is 0 Å². The van der Waals surface area contributed by atoms with E-state index in [0.717, 1.165) is 18.5 Å². The molecule has 39 heavy (non-hydrogen) atoms. The molecule has 2 aliphatic rings. The van der Waals surface area contributed by atoms with Crippen molar-refractivity contribution in [3.8, 4) is 11.5 Å². The number of likely N-dealkylation sites (tertiary alicyclic amines) is 1. The number of hydrogen-bond donors (Lipinski definition) is 3. The highest BCUT2D eigenvalue weighted by Gasteiger charge is 2.54. The molecule has 210 valence electrons. The topological polar surface area (TPSA) is 111 Å². The van der Waals surface area contributed by atoms with Crippen molar-refractivity contribution in [1.29, 1.82) is 0 Å². The fourth-order valence-corrected chi connectivity index (χ4v) is 5.46. The van der Waals surface area contributed by atoms with Gasteiger partial charge in [0.05, 0.1) is 6.10 Å². The lowest BCUT2D eigenvalue weighted by Crippen LogP contribution is -2.74. The molecule has 2 aliphatic heterocycles. The highest BCUT2D eigenvalue weighted by atomic mass is 16.5. The van der Waals surface area contributed by atoms with E-state index in [0.29, 0.717) is 49.5 Å². The summed E-state index contributed by atoms with van der Waals surface area (Å²) in [6.45, 7) is 8.31. The predicted molar refractivity (Wildman–Crippen MR) is 148 cm³/mol. The number of benzene rings is 2. The fraction of sp³-hybridized carbons (Fsp3) is 0.500. The molecule has 0 radical (unpaired) electrons. The highest BCUT2D eigenvalue weighted by Crippen LogP contribution is 2.35. The Hall–Kier alpha value is -3.43. The maximum Gasteiger partial charge on any atom is 0.251 e. The lowest BCUT2D eigenvalue weighted by atomic mass is 9.80. The van der Waals surface area contributed by atoms with E-state index in [4.69, 9.17) is 4.74 Å². The number of aliphatic hydroxyl groups is 1. The first-order valence-corrected chi connectivity index (χ1v) is 13.8. The largest absolute Gasteiger partial charge is 0.457 e. The highest BCUT2D eigenvalue weighted by molar-refractivity contribution is 6.00. The molecule has 2 aromatic rings. The van der Waals surface area contributed by atoms with Crippen LogP contribution in [0.2, 0.25) is 0 Å². The SMILES string of the molecule is CCCN1C(=O)C(C(O)C(C)C)NC(=O)C12CCN(Cc1ccc(Oc3ccc(C(=O)NC)cc3)cc1)CC2. The lowest BCUT2D eigenvalue weighted by Gasteiger charge is -2.52. The molecule has 1 spiro atoms. The van der Waals surface area contributed by atoms with Gasteiger partial charge in [-0.05, 0) is 67.1 Å². The van der Waals surface area contributed by atoms with Crippen LogP contribution >= 0.6 is 0 Å². The van der Waals surface area contributed by atoms with E-state index in [9.17, 15) is 19.5 Å². The first-order chi connectivity index (χ1) is 18.7. The summed E-state index contributed by atoms with van der Waals surface area (Å²) in [5.41, 5.74) is 0.842. The van der Waals surface area contributed by atoms with Crippen LogP contribution in [-0.4, -0.2) is 77.0 Å². The lowest BCUT2D eigenvalue weighted by molar-refractivity contribution is -0.165. The number of rotatable bonds is 9. The van der Waals surface area contributed by atoms with E-state index >= 15 is 0 Å². The number of piperidine rings is 1. The van der Waals surface area contributed by atoms with Crippen LogP contribution in [0.1, 0.15) is 56.0 Å². The molecule has 0 bridgehead atoms. The van der Waals surface area contributed by atoms with Crippen molar-refractivity contribution in [2.75, 3.05) is 26.7 Å². The summed E-state index contributed by atoms with van der Waals surface area (Å²) in [6.07, 6.45) is 0.957. The van der Waals surface area contributed by atoms with Crippen molar-refractivity contribution in [1.82, 2.24) is 20.4 Å².